The zero-order valence-corrected chi connectivity index (χ0v) is 18.6. The predicted molar refractivity (Wildman–Crippen MR) is 120 cm³/mol. The minimum Gasteiger partial charge on any atom is -0.492 e. The molecule has 2 aromatic carbocycles. The van der Waals surface area contributed by atoms with Gasteiger partial charge in [0.1, 0.15) is 24.0 Å². The number of nitrogens with one attached hydrogen (secondary N) is 1. The molecule has 1 atom stereocenters. The Balaban J connectivity index is 1.42. The molecule has 1 saturated heterocycles. The Morgan fingerprint density at radius 1 is 1.29 bits per heavy atom. The highest BCUT2D eigenvalue weighted by Gasteiger charge is 2.27. The average Bonchev–Trinajstić information content (AvgIpc) is 2.98. The molecule has 1 N–H and O–H groups in total. The second kappa shape index (κ2) is 7.96. The van der Waals surface area contributed by atoms with Crippen molar-refractivity contribution in [1.29, 1.82) is 0 Å². The van der Waals surface area contributed by atoms with Gasteiger partial charge in [0, 0.05) is 22.5 Å². The maximum absolute atomic E-state index is 14.4. The Labute approximate surface area is 187 Å². The van der Waals surface area contributed by atoms with Crippen LogP contribution in [0, 0.1) is 12.7 Å². The number of fused-ring (bicyclic) bond motifs is 2. The summed E-state index contributed by atoms with van der Waals surface area (Å²) in [5, 5.41) is 0. The molecule has 31 heavy (non-hydrogen) atoms. The highest BCUT2D eigenvalue weighted by Crippen LogP contribution is 2.34. The van der Waals surface area contributed by atoms with E-state index in [1.54, 1.807) is 11.0 Å². The Morgan fingerprint density at radius 2 is 2.16 bits per heavy atom. The summed E-state index contributed by atoms with van der Waals surface area (Å²) < 4.78 is 20.9. The second-order valence-corrected chi connectivity index (χ2v) is 8.82. The number of amides is 1. The molecule has 1 unspecified atom stereocenters. The maximum atomic E-state index is 14.4. The number of carbonyl (C=O) groups excluding carboxylic acids is 1. The number of benzene rings is 2. The first-order chi connectivity index (χ1) is 15.0. The third-order valence-corrected chi connectivity index (χ3v) is 6.25. The number of aromatic nitrogens is 2. The second-order valence-electron chi connectivity index (χ2n) is 7.90. The number of rotatable bonds is 2. The minimum absolute atomic E-state index is 0.0728. The summed E-state index contributed by atoms with van der Waals surface area (Å²) in [4.78, 5) is 22.4. The molecule has 2 heterocycles. The molecule has 0 radical (unpaired) electrons. The van der Waals surface area contributed by atoms with Crippen molar-refractivity contribution in [2.45, 2.75) is 19.3 Å². The molecule has 3 aromatic rings. The number of allylic oxidation sites excluding steroid dienone is 2. The summed E-state index contributed by atoms with van der Waals surface area (Å²) in [7, 11) is 0. The number of hydrogen-bond acceptors (Lipinski definition) is 3. The molecule has 5 nitrogen and oxygen atoms in total. The third kappa shape index (κ3) is 3.90. The van der Waals surface area contributed by atoms with Crippen LogP contribution in [0.4, 0.5) is 4.39 Å². The van der Waals surface area contributed by atoms with E-state index in [9.17, 15) is 9.18 Å². The van der Waals surface area contributed by atoms with Crippen molar-refractivity contribution in [2.75, 3.05) is 19.7 Å². The predicted octanol–water partition coefficient (Wildman–Crippen LogP) is 5.24. The van der Waals surface area contributed by atoms with Gasteiger partial charge >= 0.3 is 0 Å². The fourth-order valence-corrected chi connectivity index (χ4v) is 4.55. The first-order valence-electron chi connectivity index (χ1n) is 10.2. The molecule has 2 aliphatic rings. The van der Waals surface area contributed by atoms with E-state index < -0.39 is 5.82 Å². The van der Waals surface area contributed by atoms with Crippen molar-refractivity contribution in [2.24, 2.45) is 0 Å². The van der Waals surface area contributed by atoms with E-state index in [0.29, 0.717) is 24.2 Å². The van der Waals surface area contributed by atoms with Crippen LogP contribution >= 0.6 is 15.9 Å². The molecule has 0 bridgehead atoms. The van der Waals surface area contributed by atoms with Crippen molar-refractivity contribution in [1.82, 2.24) is 14.9 Å². The zero-order chi connectivity index (χ0) is 21.5. The van der Waals surface area contributed by atoms with E-state index in [4.69, 9.17) is 4.74 Å². The van der Waals surface area contributed by atoms with E-state index in [1.807, 2.05) is 13.0 Å². The van der Waals surface area contributed by atoms with Gasteiger partial charge in [-0.3, -0.25) is 4.79 Å². The van der Waals surface area contributed by atoms with Gasteiger partial charge in [0.15, 0.2) is 0 Å². The normalized spacial score (nSPS) is 18.7. The Bertz CT molecular complexity index is 1250. The largest absolute Gasteiger partial charge is 0.492 e. The molecule has 1 aliphatic carbocycles. The van der Waals surface area contributed by atoms with Gasteiger partial charge in [0.05, 0.1) is 23.1 Å². The molecule has 1 amide bonds. The summed E-state index contributed by atoms with van der Waals surface area (Å²) in [5.74, 6) is 1.03. The smallest absolute Gasteiger partial charge is 0.257 e. The van der Waals surface area contributed by atoms with Crippen LogP contribution in [0.3, 0.4) is 0 Å². The van der Waals surface area contributed by atoms with Crippen LogP contribution in [0.25, 0.3) is 11.0 Å². The van der Waals surface area contributed by atoms with Crippen LogP contribution in [0.1, 0.15) is 34.1 Å². The summed E-state index contributed by atoms with van der Waals surface area (Å²) in [6.45, 7) is 3.13. The van der Waals surface area contributed by atoms with Crippen LogP contribution < -0.4 is 0 Å². The van der Waals surface area contributed by atoms with Crippen molar-refractivity contribution in [3.8, 4) is 0 Å². The van der Waals surface area contributed by atoms with Crippen LogP contribution in [0.2, 0.25) is 0 Å². The van der Waals surface area contributed by atoms with E-state index in [2.05, 4.69) is 50.2 Å². The monoisotopic (exact) mass is 481 g/mol. The Kier molecular flexibility index (Phi) is 5.14. The van der Waals surface area contributed by atoms with Gasteiger partial charge < -0.3 is 14.6 Å². The third-order valence-electron chi connectivity index (χ3n) is 5.76. The van der Waals surface area contributed by atoms with E-state index in [1.165, 1.54) is 17.7 Å². The van der Waals surface area contributed by atoms with Crippen molar-refractivity contribution >= 4 is 32.9 Å². The number of H-pyrrole nitrogens is 1. The maximum Gasteiger partial charge on any atom is 0.257 e. The summed E-state index contributed by atoms with van der Waals surface area (Å²) in [5.41, 5.74) is 4.18. The molecule has 158 valence electrons. The van der Waals surface area contributed by atoms with Gasteiger partial charge in [0.2, 0.25) is 0 Å². The molecule has 0 saturated carbocycles. The van der Waals surface area contributed by atoms with Crippen molar-refractivity contribution in [3.63, 3.8) is 0 Å². The van der Waals surface area contributed by atoms with Gasteiger partial charge in [-0.25, -0.2) is 9.37 Å². The average molecular weight is 482 g/mol. The van der Waals surface area contributed by atoms with Crippen LogP contribution in [-0.2, 0) is 4.74 Å². The van der Waals surface area contributed by atoms with Gasteiger partial charge in [-0.2, -0.15) is 0 Å². The summed E-state index contributed by atoms with van der Waals surface area (Å²) in [6, 6.07) is 10.8. The number of carbonyl (C=O) groups is 1. The Hall–Kier alpha value is -2.93. The van der Waals surface area contributed by atoms with Crippen LogP contribution in [-0.4, -0.2) is 40.5 Å². The van der Waals surface area contributed by atoms with E-state index >= 15 is 0 Å². The Morgan fingerprint density at radius 3 is 3.00 bits per heavy atom. The van der Waals surface area contributed by atoms with Gasteiger partial charge in [-0.05, 0) is 55.3 Å². The number of hydrogen-bond donors (Lipinski definition) is 1. The number of imidazole rings is 1. The molecule has 7 heteroatoms. The zero-order valence-electron chi connectivity index (χ0n) is 17.0. The van der Waals surface area contributed by atoms with Crippen molar-refractivity contribution in [3.05, 3.63) is 87.1 Å². The molecule has 0 spiro atoms. The fraction of sp³-hybridized carbons (Fsp3) is 0.250. The molecule has 1 fully saturated rings. The molecule has 1 aliphatic heterocycles. The van der Waals surface area contributed by atoms with Gasteiger partial charge in [-0.1, -0.05) is 28.1 Å². The first-order valence-corrected chi connectivity index (χ1v) is 11.0. The van der Waals surface area contributed by atoms with E-state index in [0.717, 1.165) is 34.6 Å². The van der Waals surface area contributed by atoms with Crippen LogP contribution in [0.15, 0.2) is 64.4 Å². The highest BCUT2D eigenvalue weighted by atomic mass is 79.9. The molecule has 5 rings (SSSR count). The molecular weight excluding hydrogens is 461 g/mol. The number of ether oxygens (including phenoxy) is 1. The lowest BCUT2D eigenvalue weighted by Crippen LogP contribution is -2.34. The SMILES string of the molecule is Cc1nc2ccc(C3C=C4CN(C(=O)c5ccc(Br)cc5F)CCOC4=CC3)cc2[nH]1. The standard InChI is InChI=1S/C24H21BrFN3O2/c1-14-27-21-6-2-16(11-22(21)28-14)15-3-7-23-17(10-15)13-29(8-9-31-23)24(30)19-5-4-18(25)12-20(19)26/h2,4-7,10-12,15H,3,8-9,13H2,1H3,(H,27,28). The number of halogens is 2. The minimum atomic E-state index is -0.529. The summed E-state index contributed by atoms with van der Waals surface area (Å²) >= 11 is 3.24. The van der Waals surface area contributed by atoms with Gasteiger partial charge in [-0.15, -0.1) is 0 Å². The van der Waals surface area contributed by atoms with Crippen molar-refractivity contribution < 1.29 is 13.9 Å². The van der Waals surface area contributed by atoms with Crippen LogP contribution in [0.5, 0.6) is 0 Å². The number of aryl methyl sites for hydroxylation is 1. The lowest BCUT2D eigenvalue weighted by molar-refractivity contribution is 0.0748. The topological polar surface area (TPSA) is 58.2 Å². The lowest BCUT2D eigenvalue weighted by atomic mass is 9.88. The molecular formula is C24H21BrFN3O2. The fourth-order valence-electron chi connectivity index (χ4n) is 4.22. The number of aromatic amines is 1. The molecule has 1 aromatic heterocycles. The van der Waals surface area contributed by atoms with Gasteiger partial charge in [0.25, 0.3) is 5.91 Å². The summed E-state index contributed by atoms with van der Waals surface area (Å²) in [6.07, 6.45) is 5.09. The lowest BCUT2D eigenvalue weighted by Gasteiger charge is -2.23. The first kappa shape index (κ1) is 20.0. The van der Waals surface area contributed by atoms with E-state index in [-0.39, 0.29) is 17.4 Å². The quantitative estimate of drug-likeness (QED) is 0.544. The number of nitrogens with zero attached hydrogens (tertiary/aromatic N) is 2. The highest BCUT2D eigenvalue weighted by molar-refractivity contribution is 9.10.